The van der Waals surface area contributed by atoms with Gasteiger partial charge in [-0.2, -0.15) is 16.7 Å². The Balaban J connectivity index is -0.000000723. The molecule has 7 heterocycles. The minimum Gasteiger partial charge on any atom is -0.870 e. The maximum Gasteiger partial charge on any atom is 1.00 e. The molecule has 8 atom stereocenters. The summed E-state index contributed by atoms with van der Waals surface area (Å²) in [6.45, 7) is 22.2. The number of pyridine rings is 7. The van der Waals surface area contributed by atoms with Crippen molar-refractivity contribution in [2.24, 2.45) is 69.5 Å². The summed E-state index contributed by atoms with van der Waals surface area (Å²) in [5, 5.41) is 76.2. The van der Waals surface area contributed by atoms with Gasteiger partial charge in [0.05, 0.1) is 27.5 Å². The number of aromatic hydroxyl groups is 1. The third-order valence-electron chi connectivity index (χ3n) is 21.0. The summed E-state index contributed by atoms with van der Waals surface area (Å²) in [5.74, 6) is 2.49. The summed E-state index contributed by atoms with van der Waals surface area (Å²) < 4.78 is 9.51. The average molecular weight is 2370 g/mol. The molecule has 8 aliphatic rings. The number of nitrogens with two attached hydrogens (primary N) is 2. The van der Waals surface area contributed by atoms with Gasteiger partial charge in [-0.05, 0) is 237 Å². The first-order valence-corrected chi connectivity index (χ1v) is 49.2. The average Bonchev–Trinajstić information content (AvgIpc) is 0.796. The quantitative estimate of drug-likeness (QED) is 0.00541. The van der Waals surface area contributed by atoms with Crippen LogP contribution in [0, 0.1) is 107 Å². The van der Waals surface area contributed by atoms with Crippen LogP contribution in [0.15, 0.2) is 69.6 Å². The van der Waals surface area contributed by atoms with Crippen LogP contribution in [-0.2, 0) is 110 Å². The summed E-state index contributed by atoms with van der Waals surface area (Å²) in [6, 6.07) is 20.9. The Morgan fingerprint density at radius 3 is 1.35 bits per heavy atom. The van der Waals surface area contributed by atoms with Gasteiger partial charge in [-0.25, -0.2) is 56.1 Å². The minimum atomic E-state index is -3.22. The molecule has 15 rings (SSSR count). The fourth-order valence-electron chi connectivity index (χ4n) is 14.5. The Bertz CT molecular complexity index is 5300. The van der Waals surface area contributed by atoms with Crippen molar-refractivity contribution in [1.82, 2.24) is 34.9 Å². The van der Waals surface area contributed by atoms with Crippen LogP contribution in [0.2, 0.25) is 30.9 Å². The van der Waals surface area contributed by atoms with Crippen molar-refractivity contribution < 1.29 is 270 Å². The summed E-state index contributed by atoms with van der Waals surface area (Å²) in [5.41, 5.74) is 25.0. The molecule has 1 saturated carbocycles. The molecule has 0 spiro atoms. The topological polar surface area (TPSA) is 653 Å². The number of primary amides is 1. The number of rotatable bonds is 9. The smallest absolute Gasteiger partial charge is 0.870 e. The maximum absolute atomic E-state index is 11.5. The van der Waals surface area contributed by atoms with E-state index in [4.69, 9.17) is 110 Å². The van der Waals surface area contributed by atoms with Crippen LogP contribution in [0.1, 0.15) is 230 Å². The van der Waals surface area contributed by atoms with E-state index in [-0.39, 0.29) is 241 Å². The first kappa shape index (κ1) is 142. The number of nitrogens with zero attached hydrogens (tertiary/aromatic N) is 11. The van der Waals surface area contributed by atoms with E-state index in [2.05, 4.69) is 177 Å². The van der Waals surface area contributed by atoms with Gasteiger partial charge in [-0.15, -0.1) is 4.91 Å². The van der Waals surface area contributed by atoms with Gasteiger partial charge in [0, 0.05) is 92.0 Å². The van der Waals surface area contributed by atoms with Crippen molar-refractivity contribution in [2.75, 3.05) is 18.9 Å². The standard InChI is InChI=1S/C10H11ClN2O2.C10H10ClN2O.C10H13ClN2.C10H9ClNO.C10H12ClNO.C10H11ClN.C10H12N2O3.C8H12O2.C5H11NO2.C2H4N2O3.C2H2O3.C2H4O2.Cl3OP.3H2O.3Rb/c1-6-2-3-8-7(4-6)5-9(13(14)15)10(11)12-8;1-6-4-7-2-3-9(11)12-10(7)8(5-6)13-14;1-6-2-3-9-7(4-6)5-8(12)10(11)13-9;1-6-4-7-2-3-9(11)12-10(7)8(13)5-6;1-6-2-3-8-7(4-6)5-9(13)10(11)12-8;1-7-2-4-9-8(6-7)3-5-10(11)12-9;1-6-2-3-8-7(4-6)5-9(12(14)15)10(13)11-8;1-6-2-3-8(10)7(4-6)5-9;1-5(2)3-4-8-6-7;3-2(5)1-4(6)7;3-1-2(4)5;1-2(3)4;1-5(2,3)4;;;;;;/h5-6H,2-4H2,1H3;2,6,14H,4-5H2,1H3;5-6H,2-4,12H2,1H3;2,6H,4-5H2,1H3;5-6,13H,2-4H2,1H3;3,7H,2,4,6H2,1H3;5-6H,2-4H2,1H3,(H,11,13);5-6,9H,2-4H2,1H3;5H,3-4H2,1-2H3;1H2,(H2,3,5);1H,(H,4,5);1H3,(H,3,4);;3*1H2;;;/q;-1;;-1;;-1;;;;;;;;;;;3*+1/p-3/b;;;;;;;7-5-;;;;;;;;;;;. The van der Waals surface area contributed by atoms with E-state index < -0.39 is 49.9 Å². The number of halogens is 9. The second kappa shape index (κ2) is 73.7. The van der Waals surface area contributed by atoms with Gasteiger partial charge < -0.3 is 63.4 Å². The van der Waals surface area contributed by atoms with Crippen LogP contribution in [0.4, 0.5) is 17.1 Å². The van der Waals surface area contributed by atoms with Gasteiger partial charge in [-0.1, -0.05) is 169 Å². The number of fused-ring (bicyclic) bond motifs is 7. The third kappa shape index (κ3) is 56.7. The number of nitrogen functional groups attached to an aromatic ring is 1. The second-order valence-corrected chi connectivity index (χ2v) is 42.4. The number of aliphatic carboxylic acids is 2. The number of aliphatic hydroxyl groups is 1. The molecular formula is C89H114Cl9N14O24PRb3-3. The van der Waals surface area contributed by atoms with Crippen LogP contribution >= 0.6 is 109 Å². The normalized spacial score (nSPS) is 18.4. The van der Waals surface area contributed by atoms with Crippen molar-refractivity contribution in [3.8, 4) is 5.75 Å². The SMILES string of the molecule is CC(=O)O.CC(C)CCON=O.CC1CC(=NO)c2nc(Cl)[c-]cc2C1.CC1CC(=O)c2nc(Cl)[c-]cc2C1.CC1CCC(=O)/C(=C\O)C1.CC1CCc2[nH]c(=O)c([N+](=O)[O-])cc2C1.CC1CCc2nc(Cl)[c-]cc2C1.CC1CCc2nc(Cl)c(N)cc2C1.CC1CCc2nc(Cl)c(O)cc2C1.CC1CCc2nc(Cl)c([N+](=O)[O-])cc2C1.NC(=O)C[N+](=O)[O-].O=CC(=O)O.O=P(Cl)(Cl)Cl.[OH-].[OH-].[OH-].[Rb+].[Rb+].[Rb+]. The van der Waals surface area contributed by atoms with E-state index in [9.17, 15) is 64.1 Å². The number of carboxylic acid groups (broad SMARTS) is 2. The molecule has 1 amide bonds. The fraction of sp³-hybridized carbons (Fsp3) is 0.506. The van der Waals surface area contributed by atoms with Crippen LogP contribution in [0.5, 0.6) is 5.75 Å². The molecule has 758 valence electrons. The second-order valence-electron chi connectivity index (χ2n) is 33.7. The number of ketones is 2. The Morgan fingerprint density at radius 2 is 0.929 bits per heavy atom. The number of hydrogen-bond donors (Lipinski definition) is 8. The molecule has 1 fully saturated rings. The summed E-state index contributed by atoms with van der Waals surface area (Å²) in [4.78, 5) is 140. The third-order valence-corrected chi connectivity index (χ3v) is 22.4. The summed E-state index contributed by atoms with van der Waals surface area (Å²) in [6.07, 6.45) is 22.6. The molecule has 0 aliphatic heterocycles. The molecule has 0 aromatic carbocycles. The predicted octanol–water partition coefficient (Wildman–Crippen LogP) is 11.4. The number of oxime groups is 1. The number of aryl methyl sites for hydroxylation is 5. The predicted molar refractivity (Wildman–Crippen MR) is 521 cm³/mol. The van der Waals surface area contributed by atoms with Crippen LogP contribution in [0.25, 0.3) is 0 Å². The van der Waals surface area contributed by atoms with Gasteiger partial charge in [-0.3, -0.25) is 78.6 Å². The van der Waals surface area contributed by atoms with Gasteiger partial charge in [0.1, 0.15) is 6.61 Å². The number of carboxylic acids is 2. The van der Waals surface area contributed by atoms with E-state index in [1.54, 1.807) is 18.2 Å². The van der Waals surface area contributed by atoms with Gasteiger partial charge in [0.15, 0.2) is 33.0 Å². The first-order valence-electron chi connectivity index (χ1n) is 42.5. The zero-order valence-electron chi connectivity index (χ0n) is 80.1. The Kier molecular flexibility index (Phi) is 74.7. The maximum atomic E-state index is 11.5. The van der Waals surface area contributed by atoms with Crippen molar-refractivity contribution in [3.05, 3.63) is 228 Å². The Labute approximate surface area is 1000 Å². The molecule has 0 radical (unpaired) electrons. The number of aldehydes is 1. The molecule has 8 unspecified atom stereocenters. The van der Waals surface area contributed by atoms with Crippen LogP contribution in [0.3, 0.4) is 0 Å². The molecule has 7 aromatic heterocycles. The molecule has 51 heteroatoms. The molecule has 8 aliphatic carbocycles. The molecule has 0 saturated heterocycles. The number of nitro groups is 3. The number of hydrogen-bond acceptors (Lipinski definition) is 31. The van der Waals surface area contributed by atoms with E-state index in [0.717, 1.165) is 191 Å². The Morgan fingerprint density at radius 1 is 0.557 bits per heavy atom. The molecule has 13 N–H and O–H groups in total. The molecule has 38 nitrogen and oxygen atoms in total. The van der Waals surface area contributed by atoms with Gasteiger partial charge in [0.2, 0.25) is 11.4 Å². The fourth-order valence-corrected chi connectivity index (χ4v) is 15.4. The number of aliphatic hydroxyl groups excluding tert-OH is 1. The Hall–Kier alpha value is -4.38. The first-order chi connectivity index (χ1) is 62.7. The zero-order valence-corrected chi connectivity index (χ0v) is 103. The van der Waals surface area contributed by atoms with E-state index >= 15 is 0 Å². The monoisotopic (exact) mass is 2360 g/mol. The van der Waals surface area contributed by atoms with E-state index in [1.807, 2.05) is 18.2 Å². The minimum absolute atomic E-state index is 0. The molecular weight excluding hydrogens is 2260 g/mol. The van der Waals surface area contributed by atoms with Gasteiger partial charge >= 0.3 is 203 Å². The van der Waals surface area contributed by atoms with Crippen molar-refractivity contribution in [2.45, 2.75) is 224 Å². The number of allylic oxidation sites excluding steroid dienone is 1. The van der Waals surface area contributed by atoms with Crippen molar-refractivity contribution in [3.63, 3.8) is 0 Å². The molecule has 140 heavy (non-hydrogen) atoms. The number of carbonyl (C=O) groups excluding carboxylic acids is 4. The van der Waals surface area contributed by atoms with Crippen molar-refractivity contribution >= 4 is 167 Å². The molecule has 0 bridgehead atoms. The van der Waals surface area contributed by atoms with E-state index in [1.165, 1.54) is 42.1 Å². The number of aromatic nitrogens is 7. The molecule has 7 aromatic rings. The van der Waals surface area contributed by atoms with Gasteiger partial charge in [0.25, 0.3) is 18.4 Å². The number of carbonyl (C=O) groups is 6. The van der Waals surface area contributed by atoms with Crippen LogP contribution in [-0.4, -0.2) is 146 Å². The number of H-pyrrole nitrogens is 1. The number of Topliss-reactive ketones (excluding diaryl/α,β-unsaturated/α-hetero) is 2. The van der Waals surface area contributed by atoms with E-state index in [0.29, 0.717) is 105 Å². The summed E-state index contributed by atoms with van der Waals surface area (Å²) in [7, 11) is 0. The number of aromatic amines is 1. The largest absolute Gasteiger partial charge is 1.00 e. The van der Waals surface area contributed by atoms with Crippen LogP contribution < -0.4 is 192 Å². The number of anilines is 1. The number of nitrogens with one attached hydrogen (secondary N) is 1. The summed E-state index contributed by atoms with van der Waals surface area (Å²) >= 11 is 48.3. The van der Waals surface area contributed by atoms with Crippen molar-refractivity contribution in [1.29, 1.82) is 0 Å². The zero-order chi connectivity index (χ0) is 101. The number of amides is 1.